The van der Waals surface area contributed by atoms with Crippen molar-refractivity contribution in [2.24, 2.45) is 0 Å². The van der Waals surface area contributed by atoms with Crippen LogP contribution in [-0.2, 0) is 12.8 Å². The topological polar surface area (TPSA) is 48.9 Å². The SMILES string of the molecule is Oc1ccc2nc(-c3ccc4c(c3)CCC4)[nH]c2c1. The molecule has 4 rings (SSSR count). The summed E-state index contributed by atoms with van der Waals surface area (Å²) in [7, 11) is 0. The number of phenolic OH excluding ortho intramolecular Hbond substituents is 1. The summed E-state index contributed by atoms with van der Waals surface area (Å²) >= 11 is 0. The molecule has 0 atom stereocenters. The molecule has 19 heavy (non-hydrogen) atoms. The number of nitrogens with zero attached hydrogens (tertiary/aromatic N) is 1. The van der Waals surface area contributed by atoms with Gasteiger partial charge in [0.05, 0.1) is 11.0 Å². The minimum absolute atomic E-state index is 0.261. The minimum Gasteiger partial charge on any atom is -0.508 e. The van der Waals surface area contributed by atoms with Crippen LogP contribution in [0.1, 0.15) is 17.5 Å². The number of imidazole rings is 1. The Morgan fingerprint density at radius 2 is 1.89 bits per heavy atom. The van der Waals surface area contributed by atoms with Crippen LogP contribution in [0.2, 0.25) is 0 Å². The molecule has 1 aliphatic rings. The van der Waals surface area contributed by atoms with Crippen molar-refractivity contribution >= 4 is 11.0 Å². The van der Waals surface area contributed by atoms with Crippen molar-refractivity contribution < 1.29 is 5.11 Å². The normalized spacial score (nSPS) is 13.9. The molecule has 0 bridgehead atoms. The van der Waals surface area contributed by atoms with E-state index in [-0.39, 0.29) is 5.75 Å². The second-order valence-electron chi connectivity index (χ2n) is 5.12. The fourth-order valence-corrected chi connectivity index (χ4v) is 2.85. The van der Waals surface area contributed by atoms with E-state index in [0.29, 0.717) is 0 Å². The molecule has 1 aromatic heterocycles. The van der Waals surface area contributed by atoms with Crippen molar-refractivity contribution in [3.8, 4) is 17.1 Å². The highest BCUT2D eigenvalue weighted by Gasteiger charge is 2.13. The van der Waals surface area contributed by atoms with Crippen LogP contribution in [-0.4, -0.2) is 15.1 Å². The first-order valence-corrected chi connectivity index (χ1v) is 6.60. The molecule has 0 amide bonds. The van der Waals surface area contributed by atoms with Gasteiger partial charge in [-0.1, -0.05) is 12.1 Å². The van der Waals surface area contributed by atoms with E-state index >= 15 is 0 Å². The maximum Gasteiger partial charge on any atom is 0.138 e. The Kier molecular flexibility index (Phi) is 2.15. The number of nitrogens with one attached hydrogen (secondary N) is 1. The van der Waals surface area contributed by atoms with Crippen LogP contribution in [0.5, 0.6) is 5.75 Å². The molecule has 3 aromatic rings. The van der Waals surface area contributed by atoms with Crippen LogP contribution in [0, 0.1) is 0 Å². The Balaban J connectivity index is 1.85. The molecule has 0 saturated carbocycles. The first-order chi connectivity index (χ1) is 9.29. The van der Waals surface area contributed by atoms with Crippen molar-refractivity contribution in [2.75, 3.05) is 0 Å². The van der Waals surface area contributed by atoms with E-state index in [1.54, 1.807) is 12.1 Å². The summed E-state index contributed by atoms with van der Waals surface area (Å²) < 4.78 is 0. The first kappa shape index (κ1) is 10.6. The van der Waals surface area contributed by atoms with Crippen LogP contribution >= 0.6 is 0 Å². The van der Waals surface area contributed by atoms with Gasteiger partial charge in [-0.25, -0.2) is 4.98 Å². The standard InChI is InChI=1S/C16H14N2O/c19-13-6-7-14-15(9-13)18-16(17-14)12-5-4-10-2-1-3-11(10)8-12/h4-9,19H,1-3H2,(H,17,18). The van der Waals surface area contributed by atoms with Crippen molar-refractivity contribution in [3.05, 3.63) is 47.5 Å². The number of hydrogen-bond acceptors (Lipinski definition) is 2. The average Bonchev–Trinajstić information content (AvgIpc) is 3.02. The van der Waals surface area contributed by atoms with Gasteiger partial charge in [0.2, 0.25) is 0 Å². The maximum atomic E-state index is 9.49. The highest BCUT2D eigenvalue weighted by atomic mass is 16.3. The summed E-state index contributed by atoms with van der Waals surface area (Å²) in [5.41, 5.74) is 5.79. The largest absolute Gasteiger partial charge is 0.508 e. The van der Waals surface area contributed by atoms with Crippen LogP contribution in [0.4, 0.5) is 0 Å². The zero-order valence-corrected chi connectivity index (χ0v) is 10.5. The van der Waals surface area contributed by atoms with Crippen LogP contribution < -0.4 is 0 Å². The number of rotatable bonds is 1. The lowest BCUT2D eigenvalue weighted by molar-refractivity contribution is 0.476. The summed E-state index contributed by atoms with van der Waals surface area (Å²) in [4.78, 5) is 7.86. The second kappa shape index (κ2) is 3.85. The monoisotopic (exact) mass is 250 g/mol. The van der Waals surface area contributed by atoms with Crippen molar-refractivity contribution in [3.63, 3.8) is 0 Å². The van der Waals surface area contributed by atoms with E-state index in [9.17, 15) is 5.11 Å². The van der Waals surface area contributed by atoms with Gasteiger partial charge in [-0.2, -0.15) is 0 Å². The molecule has 3 nitrogen and oxygen atoms in total. The van der Waals surface area contributed by atoms with Crippen LogP contribution in [0.3, 0.4) is 0 Å². The van der Waals surface area contributed by atoms with Crippen molar-refractivity contribution in [1.82, 2.24) is 9.97 Å². The van der Waals surface area contributed by atoms with Gasteiger partial charge in [-0.15, -0.1) is 0 Å². The molecule has 3 heteroatoms. The molecule has 2 N–H and O–H groups in total. The second-order valence-corrected chi connectivity index (χ2v) is 5.12. The molecule has 0 saturated heterocycles. The lowest BCUT2D eigenvalue weighted by Crippen LogP contribution is -1.85. The van der Waals surface area contributed by atoms with Gasteiger partial charge in [0.25, 0.3) is 0 Å². The molecule has 0 unspecified atom stereocenters. The number of aromatic hydroxyl groups is 1. The molecule has 0 aliphatic heterocycles. The van der Waals surface area contributed by atoms with E-state index < -0.39 is 0 Å². The van der Waals surface area contributed by atoms with Gasteiger partial charge >= 0.3 is 0 Å². The predicted octanol–water partition coefficient (Wildman–Crippen LogP) is 3.42. The molecule has 94 valence electrons. The highest BCUT2D eigenvalue weighted by molar-refractivity contribution is 5.80. The number of aryl methyl sites for hydroxylation is 2. The zero-order chi connectivity index (χ0) is 12.8. The number of benzene rings is 2. The zero-order valence-electron chi connectivity index (χ0n) is 10.5. The Hall–Kier alpha value is -2.29. The smallest absolute Gasteiger partial charge is 0.138 e. The van der Waals surface area contributed by atoms with E-state index in [1.165, 1.54) is 30.4 Å². The molecule has 0 fully saturated rings. The van der Waals surface area contributed by atoms with E-state index in [0.717, 1.165) is 22.4 Å². The Morgan fingerprint density at radius 3 is 2.84 bits per heavy atom. The summed E-state index contributed by atoms with van der Waals surface area (Å²) in [6, 6.07) is 11.8. The minimum atomic E-state index is 0.261. The number of aromatic amines is 1. The number of fused-ring (bicyclic) bond motifs is 2. The van der Waals surface area contributed by atoms with Crippen molar-refractivity contribution in [2.45, 2.75) is 19.3 Å². The lowest BCUT2D eigenvalue weighted by Gasteiger charge is -2.01. The molecule has 0 radical (unpaired) electrons. The van der Waals surface area contributed by atoms with E-state index in [4.69, 9.17) is 0 Å². The van der Waals surface area contributed by atoms with Gasteiger partial charge in [-0.05, 0) is 48.6 Å². The molecule has 1 heterocycles. The average molecular weight is 250 g/mol. The summed E-state index contributed by atoms with van der Waals surface area (Å²) in [6.07, 6.45) is 3.63. The molecular weight excluding hydrogens is 236 g/mol. The number of hydrogen-bond donors (Lipinski definition) is 2. The fraction of sp³-hybridized carbons (Fsp3) is 0.188. The summed E-state index contributed by atoms with van der Waals surface area (Å²) in [6.45, 7) is 0. The Labute approximate surface area is 110 Å². The predicted molar refractivity (Wildman–Crippen MR) is 75.2 cm³/mol. The third-order valence-corrected chi connectivity index (χ3v) is 3.84. The van der Waals surface area contributed by atoms with Crippen LogP contribution in [0.15, 0.2) is 36.4 Å². The third-order valence-electron chi connectivity index (χ3n) is 3.84. The fourth-order valence-electron chi connectivity index (χ4n) is 2.85. The summed E-state index contributed by atoms with van der Waals surface area (Å²) in [5.74, 6) is 1.13. The summed E-state index contributed by atoms with van der Waals surface area (Å²) in [5, 5.41) is 9.49. The maximum absolute atomic E-state index is 9.49. The van der Waals surface area contributed by atoms with Gasteiger partial charge in [0.15, 0.2) is 0 Å². The highest BCUT2D eigenvalue weighted by Crippen LogP contribution is 2.28. The molecule has 0 spiro atoms. The van der Waals surface area contributed by atoms with Crippen molar-refractivity contribution in [1.29, 1.82) is 0 Å². The molecule has 1 aliphatic carbocycles. The lowest BCUT2D eigenvalue weighted by atomic mass is 10.1. The number of phenols is 1. The van der Waals surface area contributed by atoms with Gasteiger partial charge < -0.3 is 10.1 Å². The number of aromatic nitrogens is 2. The Bertz CT molecular complexity index is 774. The Morgan fingerprint density at radius 1 is 1.00 bits per heavy atom. The molecular formula is C16H14N2O. The van der Waals surface area contributed by atoms with Crippen LogP contribution in [0.25, 0.3) is 22.4 Å². The quantitative estimate of drug-likeness (QED) is 0.695. The van der Waals surface area contributed by atoms with Gasteiger partial charge in [0.1, 0.15) is 11.6 Å². The van der Waals surface area contributed by atoms with Gasteiger partial charge in [0, 0.05) is 11.6 Å². The molecule has 2 aromatic carbocycles. The van der Waals surface area contributed by atoms with E-state index in [1.807, 2.05) is 6.07 Å². The number of H-pyrrole nitrogens is 1. The third kappa shape index (κ3) is 1.70. The van der Waals surface area contributed by atoms with E-state index in [2.05, 4.69) is 28.2 Å². The van der Waals surface area contributed by atoms with Gasteiger partial charge in [-0.3, -0.25) is 0 Å². The first-order valence-electron chi connectivity index (χ1n) is 6.60.